The van der Waals surface area contributed by atoms with Crippen LogP contribution in [-0.2, 0) is 0 Å². The highest BCUT2D eigenvalue weighted by atomic mass is 16.5. The van der Waals surface area contributed by atoms with E-state index in [1.54, 1.807) is 30.6 Å². The summed E-state index contributed by atoms with van der Waals surface area (Å²) in [6, 6.07) is 4.40. The number of hydrogen-bond donors (Lipinski definition) is 2. The van der Waals surface area contributed by atoms with E-state index >= 15 is 0 Å². The van der Waals surface area contributed by atoms with Gasteiger partial charge in [-0.15, -0.1) is 5.11 Å². The largest absolute Gasteiger partial charge is 0.494 e. The fourth-order valence-corrected chi connectivity index (χ4v) is 1.57. The molecule has 3 N–H and O–H groups in total. The SMILES string of the molecule is COc1cc(-c2ncc(C)cn2)ccc1N=NC(=O)NN. The molecule has 0 spiro atoms. The van der Waals surface area contributed by atoms with Crippen molar-refractivity contribution in [1.82, 2.24) is 15.4 Å². The van der Waals surface area contributed by atoms with Crippen LogP contribution < -0.4 is 16.0 Å². The Bertz CT molecular complexity index is 669. The summed E-state index contributed by atoms with van der Waals surface area (Å²) in [6.07, 6.45) is 3.46. The topological polar surface area (TPSA) is 115 Å². The summed E-state index contributed by atoms with van der Waals surface area (Å²) < 4.78 is 5.22. The van der Waals surface area contributed by atoms with Crippen LogP contribution in [0.15, 0.2) is 40.8 Å². The van der Waals surface area contributed by atoms with E-state index in [1.165, 1.54) is 7.11 Å². The van der Waals surface area contributed by atoms with Crippen LogP contribution in [0.25, 0.3) is 11.4 Å². The zero-order chi connectivity index (χ0) is 15.2. The van der Waals surface area contributed by atoms with Crippen molar-refractivity contribution >= 4 is 11.7 Å². The van der Waals surface area contributed by atoms with Gasteiger partial charge in [0.15, 0.2) is 5.82 Å². The summed E-state index contributed by atoms with van der Waals surface area (Å²) in [7, 11) is 1.50. The smallest absolute Gasteiger partial charge is 0.373 e. The highest BCUT2D eigenvalue weighted by Crippen LogP contribution is 2.31. The van der Waals surface area contributed by atoms with Gasteiger partial charge in [-0.1, -0.05) is 5.11 Å². The normalized spacial score (nSPS) is 10.6. The van der Waals surface area contributed by atoms with Crippen LogP contribution in [0.4, 0.5) is 10.5 Å². The van der Waals surface area contributed by atoms with E-state index < -0.39 is 6.03 Å². The molecule has 8 heteroatoms. The lowest BCUT2D eigenvalue weighted by Gasteiger charge is -2.06. The zero-order valence-electron chi connectivity index (χ0n) is 11.6. The van der Waals surface area contributed by atoms with Gasteiger partial charge in [-0.25, -0.2) is 20.6 Å². The molecule has 1 aromatic carbocycles. The fraction of sp³-hybridized carbons (Fsp3) is 0.154. The molecule has 2 aromatic rings. The molecular weight excluding hydrogens is 272 g/mol. The van der Waals surface area contributed by atoms with E-state index in [4.69, 9.17) is 10.6 Å². The summed E-state index contributed by atoms with van der Waals surface area (Å²) >= 11 is 0. The van der Waals surface area contributed by atoms with Crippen molar-refractivity contribution in [3.8, 4) is 17.1 Å². The van der Waals surface area contributed by atoms with Crippen molar-refractivity contribution in [1.29, 1.82) is 0 Å². The number of nitrogens with zero attached hydrogens (tertiary/aromatic N) is 4. The molecule has 0 aliphatic heterocycles. The molecule has 2 amide bonds. The Labute approximate surface area is 121 Å². The Hall–Kier alpha value is -2.87. The van der Waals surface area contributed by atoms with E-state index in [1.807, 2.05) is 12.3 Å². The van der Waals surface area contributed by atoms with Gasteiger partial charge in [0, 0.05) is 18.0 Å². The summed E-state index contributed by atoms with van der Waals surface area (Å²) in [6.45, 7) is 1.91. The number of benzene rings is 1. The second-order valence-electron chi connectivity index (χ2n) is 4.12. The Morgan fingerprint density at radius 3 is 2.67 bits per heavy atom. The number of rotatable bonds is 3. The average Bonchev–Trinajstić information content (AvgIpc) is 2.53. The van der Waals surface area contributed by atoms with Crippen LogP contribution in [0.2, 0.25) is 0 Å². The molecule has 2 rings (SSSR count). The molecule has 0 fully saturated rings. The van der Waals surface area contributed by atoms with Gasteiger partial charge in [0.25, 0.3) is 0 Å². The lowest BCUT2D eigenvalue weighted by Crippen LogP contribution is -2.26. The number of ether oxygens (including phenoxy) is 1. The molecule has 0 saturated heterocycles. The van der Waals surface area contributed by atoms with Gasteiger partial charge in [0.1, 0.15) is 11.4 Å². The molecular formula is C13H14N6O2. The Morgan fingerprint density at radius 1 is 1.33 bits per heavy atom. The van der Waals surface area contributed by atoms with Crippen molar-refractivity contribution in [3.63, 3.8) is 0 Å². The van der Waals surface area contributed by atoms with Crippen LogP contribution >= 0.6 is 0 Å². The number of carbonyl (C=O) groups is 1. The molecule has 0 saturated carbocycles. The average molecular weight is 286 g/mol. The second kappa shape index (κ2) is 6.53. The zero-order valence-corrected chi connectivity index (χ0v) is 11.6. The number of methoxy groups -OCH3 is 1. The molecule has 0 radical (unpaired) electrons. The molecule has 1 heterocycles. The molecule has 0 bridgehead atoms. The molecule has 108 valence electrons. The van der Waals surface area contributed by atoms with Gasteiger partial charge in [-0.05, 0) is 30.7 Å². The first-order chi connectivity index (χ1) is 10.1. The third-order valence-electron chi connectivity index (χ3n) is 2.59. The van der Waals surface area contributed by atoms with Crippen molar-refractivity contribution in [2.45, 2.75) is 6.92 Å². The van der Waals surface area contributed by atoms with Crippen LogP contribution in [0, 0.1) is 6.92 Å². The Balaban J connectivity index is 2.34. The van der Waals surface area contributed by atoms with Crippen molar-refractivity contribution in [3.05, 3.63) is 36.2 Å². The quantitative estimate of drug-likeness (QED) is 0.388. The molecule has 0 aliphatic carbocycles. The lowest BCUT2D eigenvalue weighted by molar-refractivity contribution is 0.248. The van der Waals surface area contributed by atoms with E-state index in [0.29, 0.717) is 17.3 Å². The van der Waals surface area contributed by atoms with Crippen LogP contribution in [0.1, 0.15) is 5.56 Å². The first-order valence-corrected chi connectivity index (χ1v) is 6.03. The number of nitrogens with two attached hydrogens (primary N) is 1. The minimum Gasteiger partial charge on any atom is -0.494 e. The lowest BCUT2D eigenvalue weighted by atomic mass is 10.1. The number of urea groups is 1. The van der Waals surface area contributed by atoms with Gasteiger partial charge >= 0.3 is 6.03 Å². The summed E-state index contributed by atoms with van der Waals surface area (Å²) in [4.78, 5) is 19.4. The second-order valence-corrected chi connectivity index (χ2v) is 4.12. The number of carbonyl (C=O) groups excluding carboxylic acids is 1. The van der Waals surface area contributed by atoms with Crippen LogP contribution in [0.5, 0.6) is 5.75 Å². The molecule has 1 aromatic heterocycles. The predicted molar refractivity (Wildman–Crippen MR) is 76.0 cm³/mol. The monoisotopic (exact) mass is 286 g/mol. The third kappa shape index (κ3) is 3.57. The van der Waals surface area contributed by atoms with Crippen molar-refractivity contribution in [2.24, 2.45) is 16.1 Å². The number of amides is 2. The van der Waals surface area contributed by atoms with E-state index in [0.717, 1.165) is 11.1 Å². The van der Waals surface area contributed by atoms with Crippen molar-refractivity contribution < 1.29 is 9.53 Å². The number of hydrogen-bond acceptors (Lipinski definition) is 6. The Kier molecular flexibility index (Phi) is 4.52. The first kappa shape index (κ1) is 14.5. The van der Waals surface area contributed by atoms with Gasteiger partial charge < -0.3 is 4.74 Å². The summed E-state index contributed by atoms with van der Waals surface area (Å²) in [5.74, 6) is 5.94. The maximum Gasteiger partial charge on any atom is 0.373 e. The Morgan fingerprint density at radius 2 is 2.05 bits per heavy atom. The standard InChI is InChI=1S/C13H14N6O2/c1-8-6-15-12(16-7-8)9-3-4-10(11(5-9)21-2)18-19-13(20)17-14/h3-7H,14H2,1-2H3,(H,17,20). The number of aryl methyl sites for hydroxylation is 1. The molecule has 8 nitrogen and oxygen atoms in total. The minimum atomic E-state index is -0.747. The maximum atomic E-state index is 10.9. The van der Waals surface area contributed by atoms with Gasteiger partial charge in [-0.3, -0.25) is 5.43 Å². The third-order valence-corrected chi connectivity index (χ3v) is 2.59. The highest BCUT2D eigenvalue weighted by Gasteiger charge is 2.08. The van der Waals surface area contributed by atoms with E-state index in [9.17, 15) is 4.79 Å². The predicted octanol–water partition coefficient (Wildman–Crippen LogP) is 2.13. The first-order valence-electron chi connectivity index (χ1n) is 6.03. The van der Waals surface area contributed by atoms with Crippen LogP contribution in [0.3, 0.4) is 0 Å². The van der Waals surface area contributed by atoms with Gasteiger partial charge in [0.2, 0.25) is 0 Å². The fourth-order valence-electron chi connectivity index (χ4n) is 1.57. The van der Waals surface area contributed by atoms with Crippen LogP contribution in [-0.4, -0.2) is 23.1 Å². The number of hydrazine groups is 1. The number of nitrogens with one attached hydrogen (secondary N) is 1. The summed E-state index contributed by atoms with van der Waals surface area (Å²) in [5.41, 5.74) is 4.00. The number of aromatic nitrogens is 2. The highest BCUT2D eigenvalue weighted by molar-refractivity contribution is 5.74. The molecule has 21 heavy (non-hydrogen) atoms. The molecule has 0 unspecified atom stereocenters. The van der Waals surface area contributed by atoms with Gasteiger partial charge in [-0.2, -0.15) is 0 Å². The molecule has 0 aliphatic rings. The summed E-state index contributed by atoms with van der Waals surface area (Å²) in [5, 5.41) is 7.14. The molecule has 0 atom stereocenters. The van der Waals surface area contributed by atoms with Gasteiger partial charge in [0.05, 0.1) is 7.11 Å². The minimum absolute atomic E-state index is 0.400. The maximum absolute atomic E-state index is 10.9. The number of azo groups is 1. The van der Waals surface area contributed by atoms with Crippen molar-refractivity contribution in [2.75, 3.05) is 7.11 Å². The van der Waals surface area contributed by atoms with E-state index in [2.05, 4.69) is 20.2 Å². The van der Waals surface area contributed by atoms with E-state index in [-0.39, 0.29) is 0 Å².